The van der Waals surface area contributed by atoms with Crippen LogP contribution in [0.1, 0.15) is 10.4 Å². The molecule has 0 N–H and O–H groups in total. The van der Waals surface area contributed by atoms with Crippen molar-refractivity contribution in [2.75, 3.05) is 34.2 Å². The van der Waals surface area contributed by atoms with Crippen LogP contribution in [0.3, 0.4) is 0 Å². The summed E-state index contributed by atoms with van der Waals surface area (Å²) >= 11 is 2.97. The topological polar surface area (TPSA) is 62.1 Å². The Bertz CT molecular complexity index is 1060. The number of benzene rings is 2. The molecule has 1 aromatic heterocycles. The molecule has 0 aliphatic rings. The number of methoxy groups -OCH3 is 3. The molecule has 148 valence electrons. The summed E-state index contributed by atoms with van der Waals surface area (Å²) < 4.78 is 19.0. The van der Waals surface area contributed by atoms with E-state index in [2.05, 4.69) is 4.99 Å². The summed E-state index contributed by atoms with van der Waals surface area (Å²) in [7, 11) is 4.85. The standard InChI is InChI=1S/C20H22N2O4S2/c1-24-10-9-22-14-11-15(25-2)16(26-3)12-18(14)28-20(22)21-19(23)13-7-5-6-8-17(13)27-4/h5-8,11-12H,9-10H2,1-4H3. The lowest BCUT2D eigenvalue weighted by Crippen LogP contribution is -2.19. The number of carbonyl (C=O) groups excluding carboxylic acids is 1. The zero-order valence-corrected chi connectivity index (χ0v) is 17.9. The van der Waals surface area contributed by atoms with Crippen molar-refractivity contribution in [3.8, 4) is 11.5 Å². The second-order valence-corrected chi connectivity index (χ2v) is 7.68. The van der Waals surface area contributed by atoms with Gasteiger partial charge in [-0.3, -0.25) is 4.79 Å². The highest BCUT2D eigenvalue weighted by molar-refractivity contribution is 7.98. The minimum atomic E-state index is -0.262. The number of aromatic nitrogens is 1. The number of fused-ring (bicyclic) bond motifs is 1. The molecular formula is C20H22N2O4S2. The zero-order valence-electron chi connectivity index (χ0n) is 16.2. The first-order chi connectivity index (χ1) is 13.6. The molecule has 3 aromatic rings. The van der Waals surface area contributed by atoms with Gasteiger partial charge in [0, 0.05) is 30.7 Å². The van der Waals surface area contributed by atoms with Gasteiger partial charge in [-0.15, -0.1) is 11.8 Å². The van der Waals surface area contributed by atoms with Crippen molar-refractivity contribution in [1.29, 1.82) is 0 Å². The van der Waals surface area contributed by atoms with Crippen LogP contribution in [0.5, 0.6) is 11.5 Å². The molecule has 0 saturated heterocycles. The molecule has 0 aliphatic heterocycles. The molecule has 0 atom stereocenters. The van der Waals surface area contributed by atoms with Gasteiger partial charge in [0.15, 0.2) is 16.3 Å². The second kappa shape index (κ2) is 9.27. The summed E-state index contributed by atoms with van der Waals surface area (Å²) in [5.41, 5.74) is 1.52. The van der Waals surface area contributed by atoms with Gasteiger partial charge < -0.3 is 18.8 Å². The van der Waals surface area contributed by atoms with Gasteiger partial charge in [-0.05, 0) is 18.4 Å². The van der Waals surface area contributed by atoms with E-state index < -0.39 is 0 Å². The van der Waals surface area contributed by atoms with E-state index in [4.69, 9.17) is 14.2 Å². The van der Waals surface area contributed by atoms with Crippen molar-refractivity contribution < 1.29 is 19.0 Å². The van der Waals surface area contributed by atoms with Gasteiger partial charge in [0.1, 0.15) is 0 Å². The van der Waals surface area contributed by atoms with E-state index in [1.807, 2.05) is 41.2 Å². The molecule has 0 radical (unpaired) electrons. The van der Waals surface area contributed by atoms with Crippen molar-refractivity contribution in [2.45, 2.75) is 11.4 Å². The quantitative estimate of drug-likeness (QED) is 0.546. The number of ether oxygens (including phenoxy) is 3. The predicted octanol–water partition coefficient (Wildman–Crippen LogP) is 3.83. The Morgan fingerprint density at radius 2 is 1.86 bits per heavy atom. The first-order valence-electron chi connectivity index (χ1n) is 8.59. The highest BCUT2D eigenvalue weighted by Gasteiger charge is 2.15. The normalized spacial score (nSPS) is 11.8. The number of thiazole rings is 1. The number of hydrogen-bond donors (Lipinski definition) is 0. The molecule has 8 heteroatoms. The fourth-order valence-corrected chi connectivity index (χ4v) is 4.50. The maximum absolute atomic E-state index is 12.9. The molecule has 0 unspecified atom stereocenters. The van der Waals surface area contributed by atoms with Gasteiger partial charge in [-0.25, -0.2) is 0 Å². The third-order valence-electron chi connectivity index (χ3n) is 4.24. The molecular weight excluding hydrogens is 396 g/mol. The number of nitrogens with zero attached hydrogens (tertiary/aromatic N) is 2. The highest BCUT2D eigenvalue weighted by atomic mass is 32.2. The molecule has 2 aromatic carbocycles. The molecule has 0 saturated carbocycles. The number of carbonyl (C=O) groups is 1. The van der Waals surface area contributed by atoms with Crippen molar-refractivity contribution in [3.05, 3.63) is 46.8 Å². The van der Waals surface area contributed by atoms with Crippen LogP contribution in [-0.2, 0) is 11.3 Å². The molecule has 0 bridgehead atoms. The van der Waals surface area contributed by atoms with Crippen LogP contribution in [0, 0.1) is 0 Å². The molecule has 28 heavy (non-hydrogen) atoms. The van der Waals surface area contributed by atoms with Gasteiger partial charge in [0.05, 0.1) is 36.6 Å². The minimum Gasteiger partial charge on any atom is -0.493 e. The smallest absolute Gasteiger partial charge is 0.280 e. The Balaban J connectivity index is 2.18. The first kappa shape index (κ1) is 20.4. The van der Waals surface area contributed by atoms with Crippen LogP contribution >= 0.6 is 23.1 Å². The van der Waals surface area contributed by atoms with E-state index >= 15 is 0 Å². The molecule has 0 fully saturated rings. The van der Waals surface area contributed by atoms with Crippen molar-refractivity contribution in [3.63, 3.8) is 0 Å². The van der Waals surface area contributed by atoms with Gasteiger partial charge in [-0.2, -0.15) is 4.99 Å². The van der Waals surface area contributed by atoms with Gasteiger partial charge in [-0.1, -0.05) is 23.5 Å². The maximum atomic E-state index is 12.9. The molecule has 3 rings (SSSR count). The summed E-state index contributed by atoms with van der Waals surface area (Å²) in [6, 6.07) is 11.3. The van der Waals surface area contributed by atoms with Crippen LogP contribution in [0.15, 0.2) is 46.3 Å². The summed E-state index contributed by atoms with van der Waals surface area (Å²) in [6.45, 7) is 1.07. The van der Waals surface area contributed by atoms with E-state index in [1.54, 1.807) is 27.4 Å². The lowest BCUT2D eigenvalue weighted by molar-refractivity contribution is 0.0994. The van der Waals surface area contributed by atoms with Crippen molar-refractivity contribution >= 4 is 39.2 Å². The monoisotopic (exact) mass is 418 g/mol. The number of hydrogen-bond acceptors (Lipinski definition) is 6. The molecule has 0 aliphatic carbocycles. The summed E-state index contributed by atoms with van der Waals surface area (Å²) in [6.07, 6.45) is 1.95. The lowest BCUT2D eigenvalue weighted by Gasteiger charge is -2.09. The fraction of sp³-hybridized carbons (Fsp3) is 0.300. The van der Waals surface area contributed by atoms with Gasteiger partial charge in [0.25, 0.3) is 5.91 Å². The minimum absolute atomic E-state index is 0.262. The fourth-order valence-electron chi connectivity index (χ4n) is 2.85. The zero-order chi connectivity index (χ0) is 20.1. The van der Waals surface area contributed by atoms with E-state index in [0.717, 1.165) is 15.1 Å². The van der Waals surface area contributed by atoms with Gasteiger partial charge in [0.2, 0.25) is 0 Å². The van der Waals surface area contributed by atoms with Crippen LogP contribution in [-0.4, -0.2) is 44.7 Å². The lowest BCUT2D eigenvalue weighted by atomic mass is 10.2. The van der Waals surface area contributed by atoms with Crippen molar-refractivity contribution in [1.82, 2.24) is 4.57 Å². The SMILES string of the molecule is COCCn1c(=NC(=O)c2ccccc2SC)sc2cc(OC)c(OC)cc21. The molecule has 1 heterocycles. The predicted molar refractivity (Wildman–Crippen MR) is 113 cm³/mol. The van der Waals surface area contributed by atoms with Crippen LogP contribution in [0.25, 0.3) is 10.2 Å². The first-order valence-corrected chi connectivity index (χ1v) is 10.6. The maximum Gasteiger partial charge on any atom is 0.280 e. The number of rotatable bonds is 7. The average Bonchev–Trinajstić information content (AvgIpc) is 3.06. The summed E-state index contributed by atoms with van der Waals surface area (Å²) in [4.78, 5) is 18.8. The molecule has 0 spiro atoms. The van der Waals surface area contributed by atoms with Crippen molar-refractivity contribution in [2.24, 2.45) is 4.99 Å². The largest absolute Gasteiger partial charge is 0.493 e. The Labute approximate surface area is 171 Å². The Hall–Kier alpha value is -2.29. The summed E-state index contributed by atoms with van der Waals surface area (Å²) in [5, 5.41) is 0. The third-order valence-corrected chi connectivity index (χ3v) is 6.08. The Morgan fingerprint density at radius 1 is 1.14 bits per heavy atom. The Kier molecular flexibility index (Phi) is 6.77. The summed E-state index contributed by atoms with van der Waals surface area (Å²) in [5.74, 6) is 1.01. The molecule has 6 nitrogen and oxygen atoms in total. The van der Waals surface area contributed by atoms with E-state index in [-0.39, 0.29) is 5.91 Å². The Morgan fingerprint density at radius 3 is 2.54 bits per heavy atom. The second-order valence-electron chi connectivity index (χ2n) is 5.82. The van der Waals surface area contributed by atoms with Gasteiger partial charge >= 0.3 is 0 Å². The van der Waals surface area contributed by atoms with Crippen LogP contribution in [0.2, 0.25) is 0 Å². The third kappa shape index (κ3) is 4.09. The van der Waals surface area contributed by atoms with Crippen LogP contribution < -0.4 is 14.3 Å². The molecule has 1 amide bonds. The number of amides is 1. The van der Waals surface area contributed by atoms with E-state index in [0.29, 0.717) is 35.0 Å². The van der Waals surface area contributed by atoms with E-state index in [9.17, 15) is 4.79 Å². The van der Waals surface area contributed by atoms with E-state index in [1.165, 1.54) is 23.1 Å². The number of thioether (sulfide) groups is 1. The van der Waals surface area contributed by atoms with Crippen LogP contribution in [0.4, 0.5) is 0 Å². The average molecular weight is 419 g/mol. The highest BCUT2D eigenvalue weighted by Crippen LogP contribution is 2.33.